The van der Waals surface area contributed by atoms with Gasteiger partial charge in [0.1, 0.15) is 17.8 Å². The summed E-state index contributed by atoms with van der Waals surface area (Å²) in [6, 6.07) is 2.32. The summed E-state index contributed by atoms with van der Waals surface area (Å²) in [7, 11) is 0. The molecule has 2 fully saturated rings. The van der Waals surface area contributed by atoms with E-state index in [1.165, 1.54) is 4.52 Å². The van der Waals surface area contributed by atoms with E-state index in [2.05, 4.69) is 10.4 Å². The first kappa shape index (κ1) is 33.8. The van der Waals surface area contributed by atoms with Crippen molar-refractivity contribution < 1.29 is 32.2 Å². The van der Waals surface area contributed by atoms with E-state index in [4.69, 9.17) is 26.1 Å². The minimum atomic E-state index is -4.59. The molecule has 3 aliphatic heterocycles. The molecular weight excluding hydrogens is 655 g/mol. The molecule has 16 heteroatoms. The van der Waals surface area contributed by atoms with Crippen LogP contribution in [0.1, 0.15) is 64.0 Å². The highest BCUT2D eigenvalue weighted by molar-refractivity contribution is 6.33. The summed E-state index contributed by atoms with van der Waals surface area (Å²) < 4.78 is 53.5. The lowest BCUT2D eigenvalue weighted by Crippen LogP contribution is -2.58. The first-order chi connectivity index (χ1) is 22.6. The van der Waals surface area contributed by atoms with Crippen LogP contribution in [-0.2, 0) is 33.4 Å². The van der Waals surface area contributed by atoms with Gasteiger partial charge in [-0.05, 0) is 70.2 Å². The first-order valence-corrected chi connectivity index (χ1v) is 16.2. The third-order valence-corrected chi connectivity index (χ3v) is 9.00. The number of ether oxygens (including phenoxy) is 2. The van der Waals surface area contributed by atoms with E-state index in [0.717, 1.165) is 36.6 Å². The predicted octanol–water partition coefficient (Wildman–Crippen LogP) is 5.16. The fraction of sp³-hybridized carbons (Fsp3) is 0.531. The number of hydrogen-bond acceptors (Lipinski definition) is 8. The number of alkyl halides is 3. The smallest absolute Gasteiger partial charge is 0.416 e. The van der Waals surface area contributed by atoms with Gasteiger partial charge in [-0.1, -0.05) is 24.6 Å². The number of nitrogens with one attached hydrogen (secondary N) is 1. The number of nitrogens with zero attached hydrogens (tertiary/aromatic N) is 6. The lowest BCUT2D eigenvalue weighted by molar-refractivity contribution is -0.137. The average molecular weight is 692 g/mol. The van der Waals surface area contributed by atoms with Crippen LogP contribution in [0.5, 0.6) is 0 Å². The van der Waals surface area contributed by atoms with Crippen LogP contribution in [0.4, 0.5) is 29.3 Å². The zero-order chi connectivity index (χ0) is 34.5. The molecule has 2 atom stereocenters. The maximum atomic E-state index is 14.3. The van der Waals surface area contributed by atoms with Gasteiger partial charge >= 0.3 is 12.3 Å². The monoisotopic (exact) mass is 691 g/mol. The molecule has 1 aromatic carbocycles. The molecule has 0 saturated carbocycles. The van der Waals surface area contributed by atoms with Gasteiger partial charge in [0.25, 0.3) is 5.56 Å². The van der Waals surface area contributed by atoms with Crippen molar-refractivity contribution in [3.05, 3.63) is 56.7 Å². The second-order valence-electron chi connectivity index (χ2n) is 13.2. The second kappa shape index (κ2) is 12.7. The highest BCUT2D eigenvalue weighted by Gasteiger charge is 2.45. The number of fused-ring (bicyclic) bond motifs is 3. The number of rotatable bonds is 6. The van der Waals surface area contributed by atoms with E-state index in [1.54, 1.807) is 9.47 Å². The molecule has 0 aliphatic carbocycles. The minimum absolute atomic E-state index is 0.00867. The zero-order valence-electron chi connectivity index (χ0n) is 27.1. The molecule has 2 saturated heterocycles. The Kier molecular flexibility index (Phi) is 8.96. The Morgan fingerprint density at radius 3 is 2.44 bits per heavy atom. The standard InChI is InChI=1S/C32H37ClF3N7O5/c1-5-24-26(40-15-20-7-8-21(16-40)42(20)30(46)48-31(2,3)4)28(45)43-29(38-27(39-43)18-10-12-47-13-11-18)41(24)17-25(44)37-23-9-6-19(14-22(23)33)32(34,35)36/h6,9-10,14,20-21H,5,7-8,11-13,15-17H2,1-4H3,(H,37,44). The maximum absolute atomic E-state index is 14.3. The quantitative estimate of drug-likeness (QED) is 0.377. The summed E-state index contributed by atoms with van der Waals surface area (Å²) in [5.41, 5.74) is -0.299. The summed E-state index contributed by atoms with van der Waals surface area (Å²) in [4.78, 5) is 49.3. The van der Waals surface area contributed by atoms with Crippen molar-refractivity contribution in [1.29, 1.82) is 0 Å². The molecule has 1 N–H and O–H groups in total. The molecule has 2 bridgehead atoms. The van der Waals surface area contributed by atoms with Crippen LogP contribution in [0.15, 0.2) is 29.1 Å². The van der Waals surface area contributed by atoms with Crippen molar-refractivity contribution >= 4 is 46.3 Å². The molecule has 0 spiro atoms. The number of amides is 2. The Morgan fingerprint density at radius 2 is 1.85 bits per heavy atom. The summed E-state index contributed by atoms with van der Waals surface area (Å²) in [6.07, 6.45) is -0.749. The molecule has 6 rings (SSSR count). The Hall–Kier alpha value is -4.11. The highest BCUT2D eigenvalue weighted by atomic mass is 35.5. The van der Waals surface area contributed by atoms with Crippen LogP contribution in [-0.4, -0.2) is 80.1 Å². The van der Waals surface area contributed by atoms with E-state index in [1.807, 2.05) is 38.7 Å². The van der Waals surface area contributed by atoms with Gasteiger partial charge in [-0.25, -0.2) is 4.79 Å². The summed E-state index contributed by atoms with van der Waals surface area (Å²) in [5, 5.41) is 6.92. The van der Waals surface area contributed by atoms with Gasteiger partial charge in [-0.15, -0.1) is 5.10 Å². The molecule has 2 aromatic heterocycles. The molecule has 12 nitrogen and oxygen atoms in total. The van der Waals surface area contributed by atoms with Crippen LogP contribution in [0.25, 0.3) is 11.4 Å². The molecule has 3 aliphatic rings. The van der Waals surface area contributed by atoms with E-state index in [0.29, 0.717) is 56.4 Å². The number of hydrogen-bond donors (Lipinski definition) is 1. The SMILES string of the molecule is CCc1c(N2CC3CCC(C2)N3C(=O)OC(C)(C)C)c(=O)n2nc(C3=CCOCC3)nc2n1CC(=O)Nc1ccc(C(F)(F)F)cc1Cl. The molecule has 3 aromatic rings. The average Bonchev–Trinajstić information content (AvgIpc) is 3.58. The molecule has 2 amide bonds. The Bertz CT molecular complexity index is 1830. The number of carbonyl (C=O) groups is 2. The van der Waals surface area contributed by atoms with Crippen molar-refractivity contribution in [3.63, 3.8) is 0 Å². The normalized spacial score (nSPS) is 19.9. The molecule has 5 heterocycles. The van der Waals surface area contributed by atoms with Gasteiger partial charge in [0.2, 0.25) is 11.7 Å². The van der Waals surface area contributed by atoms with E-state index in [-0.39, 0.29) is 41.2 Å². The largest absolute Gasteiger partial charge is 0.444 e. The van der Waals surface area contributed by atoms with Gasteiger partial charge < -0.3 is 24.3 Å². The number of halogens is 4. The molecular formula is C32H37ClF3N7O5. The topological polar surface area (TPSA) is 123 Å². The summed E-state index contributed by atoms with van der Waals surface area (Å²) >= 11 is 6.13. The Labute approximate surface area is 279 Å². The lowest BCUT2D eigenvalue weighted by Gasteiger charge is -2.42. The van der Waals surface area contributed by atoms with Crippen LogP contribution in [0.2, 0.25) is 5.02 Å². The predicted molar refractivity (Wildman–Crippen MR) is 172 cm³/mol. The fourth-order valence-electron chi connectivity index (χ4n) is 6.62. The number of benzene rings is 1. The maximum Gasteiger partial charge on any atom is 0.416 e. The van der Waals surface area contributed by atoms with Gasteiger partial charge in [0.15, 0.2) is 5.82 Å². The van der Waals surface area contributed by atoms with Crippen molar-refractivity contribution in [2.45, 2.75) is 83.8 Å². The number of carbonyl (C=O) groups excluding carboxylic acids is 2. The molecule has 0 radical (unpaired) electrons. The Morgan fingerprint density at radius 1 is 1.15 bits per heavy atom. The third-order valence-electron chi connectivity index (χ3n) is 8.69. The third kappa shape index (κ3) is 6.62. The number of anilines is 2. The Balaban J connectivity index is 1.38. The van der Waals surface area contributed by atoms with E-state index >= 15 is 0 Å². The first-order valence-electron chi connectivity index (χ1n) is 15.9. The summed E-state index contributed by atoms with van der Waals surface area (Å²) in [5.74, 6) is -0.108. The van der Waals surface area contributed by atoms with Crippen LogP contribution < -0.4 is 15.8 Å². The van der Waals surface area contributed by atoms with Gasteiger partial charge in [-0.2, -0.15) is 22.7 Å². The molecule has 258 valence electrons. The molecule has 2 unspecified atom stereocenters. The van der Waals surface area contributed by atoms with Crippen molar-refractivity contribution in [1.82, 2.24) is 24.1 Å². The number of aromatic nitrogens is 4. The van der Waals surface area contributed by atoms with Gasteiger partial charge in [0.05, 0.1) is 47.3 Å². The minimum Gasteiger partial charge on any atom is -0.444 e. The second-order valence-corrected chi connectivity index (χ2v) is 13.6. The van der Waals surface area contributed by atoms with Crippen molar-refractivity contribution in [3.8, 4) is 0 Å². The van der Waals surface area contributed by atoms with Crippen LogP contribution in [0, 0.1) is 0 Å². The van der Waals surface area contributed by atoms with Crippen LogP contribution in [0.3, 0.4) is 0 Å². The molecule has 48 heavy (non-hydrogen) atoms. The summed E-state index contributed by atoms with van der Waals surface area (Å²) in [6.45, 7) is 8.58. The van der Waals surface area contributed by atoms with Gasteiger partial charge in [0, 0.05) is 13.1 Å². The zero-order valence-corrected chi connectivity index (χ0v) is 27.8. The van der Waals surface area contributed by atoms with E-state index in [9.17, 15) is 27.6 Å². The van der Waals surface area contributed by atoms with Gasteiger partial charge in [-0.3, -0.25) is 14.5 Å². The van der Waals surface area contributed by atoms with Crippen LogP contribution >= 0.6 is 11.6 Å². The highest BCUT2D eigenvalue weighted by Crippen LogP contribution is 2.36. The van der Waals surface area contributed by atoms with E-state index < -0.39 is 28.8 Å². The van der Waals surface area contributed by atoms with Crippen molar-refractivity contribution in [2.24, 2.45) is 0 Å². The van der Waals surface area contributed by atoms with Crippen molar-refractivity contribution in [2.75, 3.05) is 36.5 Å². The lowest BCUT2D eigenvalue weighted by atomic mass is 10.1. The fourth-order valence-corrected chi connectivity index (χ4v) is 6.85. The number of piperazine rings is 1.